The summed E-state index contributed by atoms with van der Waals surface area (Å²) >= 11 is 3.46. The van der Waals surface area contributed by atoms with Gasteiger partial charge in [0, 0.05) is 4.47 Å². The van der Waals surface area contributed by atoms with E-state index in [0.29, 0.717) is 5.41 Å². The van der Waals surface area contributed by atoms with Gasteiger partial charge in [-0.25, -0.2) is 4.79 Å². The number of ether oxygens (including phenoxy) is 1. The molecule has 2 fully saturated rings. The highest BCUT2D eigenvalue weighted by atomic mass is 79.9. The van der Waals surface area contributed by atoms with Crippen LogP contribution in [0.1, 0.15) is 37.7 Å². The minimum atomic E-state index is -0.900. The molecule has 2 aliphatic rings. The van der Waals surface area contributed by atoms with Crippen LogP contribution >= 0.6 is 15.9 Å². The van der Waals surface area contributed by atoms with Crippen molar-refractivity contribution in [1.82, 2.24) is 5.32 Å². The maximum atomic E-state index is 11.0. The average Bonchev–Trinajstić information content (AvgIpc) is 2.86. The number of halogens is 1. The minimum Gasteiger partial charge on any atom is -0.480 e. The molecule has 1 heterocycles. The van der Waals surface area contributed by atoms with E-state index in [1.54, 1.807) is 0 Å². The predicted molar refractivity (Wildman–Crippen MR) is 87.8 cm³/mol. The van der Waals surface area contributed by atoms with Crippen LogP contribution in [0.3, 0.4) is 0 Å². The first-order valence-corrected chi connectivity index (χ1v) is 8.66. The quantitative estimate of drug-likeness (QED) is 0.856. The van der Waals surface area contributed by atoms with E-state index in [1.807, 2.05) is 12.1 Å². The van der Waals surface area contributed by atoms with Crippen molar-refractivity contribution in [3.63, 3.8) is 0 Å². The Hall–Kier alpha value is -0.910. The molecule has 0 aromatic heterocycles. The summed E-state index contributed by atoms with van der Waals surface area (Å²) in [7, 11) is 0. The topological polar surface area (TPSA) is 58.6 Å². The summed E-state index contributed by atoms with van der Waals surface area (Å²) in [6.07, 6.45) is 5.26. The summed E-state index contributed by atoms with van der Waals surface area (Å²) in [5.74, 6) is -0.900. The lowest BCUT2D eigenvalue weighted by molar-refractivity contribution is -0.151. The lowest BCUT2D eigenvalue weighted by Crippen LogP contribution is -2.37. The number of carboxylic acid groups (broad SMARTS) is 1. The van der Waals surface area contributed by atoms with Crippen molar-refractivity contribution in [2.75, 3.05) is 19.7 Å². The number of hydrogen-bond donors (Lipinski definition) is 2. The SMILES string of the molecule is O=C(O)COC1(c2ccc(Br)cc2)CCC2(CCNCC2)C1. The molecule has 22 heavy (non-hydrogen) atoms. The summed E-state index contributed by atoms with van der Waals surface area (Å²) in [6.45, 7) is 1.87. The molecule has 1 spiro atoms. The normalized spacial score (nSPS) is 27.1. The van der Waals surface area contributed by atoms with Crippen molar-refractivity contribution in [2.45, 2.75) is 37.7 Å². The Morgan fingerprint density at radius 3 is 2.50 bits per heavy atom. The van der Waals surface area contributed by atoms with Gasteiger partial charge in [-0.1, -0.05) is 28.1 Å². The summed E-state index contributed by atoms with van der Waals surface area (Å²) in [4.78, 5) is 11.0. The first-order chi connectivity index (χ1) is 10.5. The van der Waals surface area contributed by atoms with Crippen LogP contribution in [0, 0.1) is 5.41 Å². The Morgan fingerprint density at radius 2 is 1.86 bits per heavy atom. The third-order valence-corrected chi connectivity index (χ3v) is 5.75. The first kappa shape index (κ1) is 16.0. The maximum Gasteiger partial charge on any atom is 0.329 e. The van der Waals surface area contributed by atoms with E-state index in [0.717, 1.165) is 55.2 Å². The van der Waals surface area contributed by atoms with Gasteiger partial charge in [-0.05, 0) is 68.3 Å². The van der Waals surface area contributed by atoms with E-state index in [4.69, 9.17) is 9.84 Å². The molecule has 1 unspecified atom stereocenters. The molecular formula is C17H22BrNO3. The van der Waals surface area contributed by atoms with Gasteiger partial charge in [0.1, 0.15) is 6.61 Å². The van der Waals surface area contributed by atoms with Gasteiger partial charge >= 0.3 is 5.97 Å². The molecule has 1 aromatic carbocycles. The molecule has 1 aromatic rings. The minimum absolute atomic E-state index is 0.232. The molecule has 5 heteroatoms. The fraction of sp³-hybridized carbons (Fsp3) is 0.588. The molecule has 3 rings (SSSR count). The lowest BCUT2D eigenvalue weighted by atomic mass is 9.75. The Labute approximate surface area is 139 Å². The Morgan fingerprint density at radius 1 is 1.18 bits per heavy atom. The summed E-state index contributed by atoms with van der Waals surface area (Å²) in [6, 6.07) is 8.14. The molecule has 2 N–H and O–H groups in total. The number of benzene rings is 1. The monoisotopic (exact) mass is 367 g/mol. The van der Waals surface area contributed by atoms with E-state index < -0.39 is 11.6 Å². The van der Waals surface area contributed by atoms with Gasteiger partial charge in [0.25, 0.3) is 0 Å². The largest absolute Gasteiger partial charge is 0.480 e. The number of nitrogens with one attached hydrogen (secondary N) is 1. The van der Waals surface area contributed by atoms with Crippen LogP contribution in [-0.2, 0) is 15.1 Å². The summed E-state index contributed by atoms with van der Waals surface area (Å²) in [5.41, 5.74) is 0.958. The zero-order valence-corrected chi connectivity index (χ0v) is 14.2. The van der Waals surface area contributed by atoms with Crippen molar-refractivity contribution in [2.24, 2.45) is 5.41 Å². The van der Waals surface area contributed by atoms with Crippen LogP contribution in [0.25, 0.3) is 0 Å². The Bertz CT molecular complexity index is 539. The number of piperidine rings is 1. The van der Waals surface area contributed by atoms with Crippen LogP contribution in [0.2, 0.25) is 0 Å². The Balaban J connectivity index is 1.87. The van der Waals surface area contributed by atoms with Gasteiger partial charge in [0.15, 0.2) is 0 Å². The molecule has 120 valence electrons. The molecular weight excluding hydrogens is 346 g/mol. The molecule has 1 atom stereocenters. The van der Waals surface area contributed by atoms with Crippen molar-refractivity contribution < 1.29 is 14.6 Å². The van der Waals surface area contributed by atoms with Crippen molar-refractivity contribution >= 4 is 21.9 Å². The molecule has 1 aliphatic heterocycles. The second kappa shape index (κ2) is 6.30. The molecule has 1 saturated heterocycles. The summed E-state index contributed by atoms with van der Waals surface area (Å²) < 4.78 is 7.00. The number of carbonyl (C=O) groups is 1. The van der Waals surface area contributed by atoms with E-state index in [-0.39, 0.29) is 6.61 Å². The molecule has 1 saturated carbocycles. The van der Waals surface area contributed by atoms with Gasteiger partial charge < -0.3 is 15.2 Å². The first-order valence-electron chi connectivity index (χ1n) is 7.86. The highest BCUT2D eigenvalue weighted by Gasteiger charge is 2.50. The van der Waals surface area contributed by atoms with Gasteiger partial charge in [0.05, 0.1) is 5.60 Å². The molecule has 0 bridgehead atoms. The molecule has 0 radical (unpaired) electrons. The van der Waals surface area contributed by atoms with E-state index in [9.17, 15) is 4.79 Å². The number of carboxylic acids is 1. The molecule has 1 aliphatic carbocycles. The van der Waals surface area contributed by atoms with E-state index in [1.165, 1.54) is 0 Å². The van der Waals surface area contributed by atoms with E-state index in [2.05, 4.69) is 33.4 Å². The van der Waals surface area contributed by atoms with Gasteiger partial charge in [-0.3, -0.25) is 0 Å². The zero-order valence-electron chi connectivity index (χ0n) is 12.6. The van der Waals surface area contributed by atoms with Crippen LogP contribution in [-0.4, -0.2) is 30.8 Å². The van der Waals surface area contributed by atoms with Gasteiger partial charge in [-0.2, -0.15) is 0 Å². The number of rotatable bonds is 4. The standard InChI is InChI=1S/C17H22BrNO3/c18-14-3-1-13(2-4-14)17(22-11-15(20)21)6-5-16(12-17)7-9-19-10-8-16/h1-4,19H,5-12H2,(H,20,21). The fourth-order valence-electron chi connectivity index (χ4n) is 4.04. The second-order valence-electron chi connectivity index (χ2n) is 6.61. The number of hydrogen-bond acceptors (Lipinski definition) is 3. The lowest BCUT2D eigenvalue weighted by Gasteiger charge is -2.37. The Kier molecular flexibility index (Phi) is 4.57. The molecule has 0 amide bonds. The number of aliphatic carboxylic acids is 1. The fourth-order valence-corrected chi connectivity index (χ4v) is 4.30. The van der Waals surface area contributed by atoms with E-state index >= 15 is 0 Å². The van der Waals surface area contributed by atoms with Crippen LogP contribution in [0.4, 0.5) is 0 Å². The molecule has 4 nitrogen and oxygen atoms in total. The third-order valence-electron chi connectivity index (χ3n) is 5.23. The van der Waals surface area contributed by atoms with Crippen molar-refractivity contribution in [3.8, 4) is 0 Å². The van der Waals surface area contributed by atoms with Gasteiger partial charge in [0.2, 0.25) is 0 Å². The second-order valence-corrected chi connectivity index (χ2v) is 7.53. The van der Waals surface area contributed by atoms with Crippen LogP contribution < -0.4 is 5.32 Å². The van der Waals surface area contributed by atoms with Crippen molar-refractivity contribution in [1.29, 1.82) is 0 Å². The average molecular weight is 368 g/mol. The summed E-state index contributed by atoms with van der Waals surface area (Å²) in [5, 5.41) is 12.5. The third kappa shape index (κ3) is 3.21. The maximum absolute atomic E-state index is 11.0. The van der Waals surface area contributed by atoms with Crippen LogP contribution in [0.15, 0.2) is 28.7 Å². The zero-order chi connectivity index (χ0) is 15.6. The predicted octanol–water partition coefficient (Wildman–Crippen LogP) is 3.30. The highest BCUT2D eigenvalue weighted by Crippen LogP contribution is 2.55. The van der Waals surface area contributed by atoms with Crippen molar-refractivity contribution in [3.05, 3.63) is 34.3 Å². The highest BCUT2D eigenvalue weighted by molar-refractivity contribution is 9.10. The smallest absolute Gasteiger partial charge is 0.329 e. The van der Waals surface area contributed by atoms with Gasteiger partial charge in [-0.15, -0.1) is 0 Å². The van der Waals surface area contributed by atoms with Crippen LogP contribution in [0.5, 0.6) is 0 Å².